The molecule has 0 radical (unpaired) electrons. The molecule has 1 aromatic heterocycles. The first-order valence-corrected chi connectivity index (χ1v) is 14.0. The zero-order chi connectivity index (χ0) is 27.4. The molecule has 0 saturated heterocycles. The summed E-state index contributed by atoms with van der Waals surface area (Å²) in [5, 5.41) is 0.856. The van der Waals surface area contributed by atoms with Crippen LogP contribution < -0.4 is 19.8 Å². The van der Waals surface area contributed by atoms with Crippen molar-refractivity contribution < 1.29 is 23.4 Å². The number of carbonyl (C=O) groups is 1. The standard InChI is InChI=1S/C31H31NO6S/c1-20-13-31(34)38-27-15-23(9-10-24(20)27)37-17-26-25-16-29(36-3)28(35-2)14-22(25)11-12-32(26)30(33)19-39-18-21-7-5-4-6-8-21/h4-10,13-16,26H,11-12,17-19H2,1-3H3/t26-/m1/s1. The van der Waals surface area contributed by atoms with E-state index in [1.807, 2.05) is 54.3 Å². The quantitative estimate of drug-likeness (QED) is 0.255. The van der Waals surface area contributed by atoms with Gasteiger partial charge in [0, 0.05) is 29.8 Å². The van der Waals surface area contributed by atoms with Crippen molar-refractivity contribution in [2.24, 2.45) is 0 Å². The van der Waals surface area contributed by atoms with Crippen LogP contribution in [0.3, 0.4) is 0 Å². The summed E-state index contributed by atoms with van der Waals surface area (Å²) in [5.41, 5.74) is 4.18. The van der Waals surface area contributed by atoms with Crippen LogP contribution in [0, 0.1) is 6.92 Å². The minimum absolute atomic E-state index is 0.0603. The molecule has 1 aliphatic heterocycles. The highest BCUT2D eigenvalue weighted by molar-refractivity contribution is 7.99. The average molecular weight is 546 g/mol. The summed E-state index contributed by atoms with van der Waals surface area (Å²) in [6.45, 7) is 2.69. The molecular weight excluding hydrogens is 514 g/mol. The largest absolute Gasteiger partial charge is 0.493 e. The van der Waals surface area contributed by atoms with E-state index in [2.05, 4.69) is 12.1 Å². The molecular formula is C31H31NO6S. The Morgan fingerprint density at radius 1 is 1.03 bits per heavy atom. The molecule has 0 unspecified atom stereocenters. The van der Waals surface area contributed by atoms with Gasteiger partial charge in [-0.3, -0.25) is 4.79 Å². The van der Waals surface area contributed by atoms with Crippen molar-refractivity contribution in [2.75, 3.05) is 33.1 Å². The molecule has 0 aliphatic carbocycles. The van der Waals surface area contributed by atoms with E-state index in [0.717, 1.165) is 27.8 Å². The molecule has 1 atom stereocenters. The van der Waals surface area contributed by atoms with Crippen molar-refractivity contribution in [3.05, 3.63) is 99.4 Å². The monoisotopic (exact) mass is 545 g/mol. The second-order valence-electron chi connectivity index (χ2n) is 9.45. The van der Waals surface area contributed by atoms with E-state index in [9.17, 15) is 9.59 Å². The van der Waals surface area contributed by atoms with E-state index in [1.165, 1.54) is 11.6 Å². The van der Waals surface area contributed by atoms with E-state index < -0.39 is 5.63 Å². The van der Waals surface area contributed by atoms with Gasteiger partial charge in [0.25, 0.3) is 0 Å². The lowest BCUT2D eigenvalue weighted by atomic mass is 9.92. The van der Waals surface area contributed by atoms with Crippen molar-refractivity contribution >= 4 is 28.6 Å². The number of hydrogen-bond acceptors (Lipinski definition) is 7. The van der Waals surface area contributed by atoms with Crippen molar-refractivity contribution in [3.8, 4) is 17.2 Å². The highest BCUT2D eigenvalue weighted by Gasteiger charge is 2.32. The van der Waals surface area contributed by atoms with Crippen LogP contribution in [0.4, 0.5) is 0 Å². The van der Waals surface area contributed by atoms with Gasteiger partial charge in [-0.05, 0) is 59.9 Å². The van der Waals surface area contributed by atoms with Gasteiger partial charge in [0.15, 0.2) is 11.5 Å². The van der Waals surface area contributed by atoms with Crippen LogP contribution in [0.15, 0.2) is 75.9 Å². The zero-order valence-electron chi connectivity index (χ0n) is 22.3. The van der Waals surface area contributed by atoms with Gasteiger partial charge in [-0.2, -0.15) is 0 Å². The third kappa shape index (κ3) is 5.91. The van der Waals surface area contributed by atoms with Gasteiger partial charge in [-0.1, -0.05) is 30.3 Å². The molecule has 2 heterocycles. The number of rotatable bonds is 9. The summed E-state index contributed by atoms with van der Waals surface area (Å²) in [6.07, 6.45) is 0.710. The van der Waals surface area contributed by atoms with Gasteiger partial charge in [0.2, 0.25) is 5.91 Å². The van der Waals surface area contributed by atoms with E-state index in [-0.39, 0.29) is 18.6 Å². The van der Waals surface area contributed by atoms with Gasteiger partial charge in [0.1, 0.15) is 17.9 Å². The molecule has 5 rings (SSSR count). The average Bonchev–Trinajstić information content (AvgIpc) is 2.95. The van der Waals surface area contributed by atoms with Gasteiger partial charge < -0.3 is 23.5 Å². The van der Waals surface area contributed by atoms with Crippen LogP contribution >= 0.6 is 11.8 Å². The number of methoxy groups -OCH3 is 2. The summed E-state index contributed by atoms with van der Waals surface area (Å²) >= 11 is 1.61. The van der Waals surface area contributed by atoms with E-state index in [4.69, 9.17) is 18.6 Å². The molecule has 1 amide bonds. The normalized spacial score (nSPS) is 14.6. The number of carbonyl (C=O) groups excluding carboxylic acids is 1. The molecule has 0 saturated carbocycles. The number of nitrogens with zero attached hydrogens (tertiary/aromatic N) is 1. The highest BCUT2D eigenvalue weighted by Crippen LogP contribution is 2.39. The second-order valence-corrected chi connectivity index (χ2v) is 10.4. The van der Waals surface area contributed by atoms with Crippen molar-refractivity contribution in [1.82, 2.24) is 4.90 Å². The SMILES string of the molecule is COc1cc2c(cc1OC)[C@@H](COc1ccc3c(C)cc(=O)oc3c1)N(C(=O)CSCc1ccccc1)CC2. The maximum atomic E-state index is 13.5. The van der Waals surface area contributed by atoms with E-state index in [0.29, 0.717) is 41.5 Å². The molecule has 7 nitrogen and oxygen atoms in total. The third-order valence-corrected chi connectivity index (χ3v) is 7.98. The van der Waals surface area contributed by atoms with Crippen LogP contribution in [-0.4, -0.2) is 43.9 Å². The van der Waals surface area contributed by atoms with Gasteiger partial charge in [0.05, 0.1) is 26.0 Å². The molecule has 202 valence electrons. The van der Waals surface area contributed by atoms with Gasteiger partial charge in [-0.25, -0.2) is 4.79 Å². The number of aryl methyl sites for hydroxylation is 1. The Balaban J connectivity index is 1.40. The maximum absolute atomic E-state index is 13.5. The van der Waals surface area contributed by atoms with Crippen molar-refractivity contribution in [1.29, 1.82) is 0 Å². The first-order chi connectivity index (χ1) is 19.0. The van der Waals surface area contributed by atoms with Crippen LogP contribution in [0.5, 0.6) is 17.2 Å². The smallest absolute Gasteiger partial charge is 0.336 e. The van der Waals surface area contributed by atoms with E-state index >= 15 is 0 Å². The Hall–Kier alpha value is -3.91. The molecule has 1 aliphatic rings. The van der Waals surface area contributed by atoms with Crippen molar-refractivity contribution in [3.63, 3.8) is 0 Å². The lowest BCUT2D eigenvalue weighted by Crippen LogP contribution is -2.43. The molecule has 0 fully saturated rings. The fourth-order valence-corrected chi connectivity index (χ4v) is 5.86. The topological polar surface area (TPSA) is 78.2 Å². The third-order valence-electron chi connectivity index (χ3n) is 6.99. The first kappa shape index (κ1) is 26.7. The fraction of sp³-hybridized carbons (Fsp3) is 0.290. The van der Waals surface area contributed by atoms with E-state index in [1.54, 1.807) is 32.0 Å². The van der Waals surface area contributed by atoms with Crippen LogP contribution in [0.1, 0.15) is 28.3 Å². The molecule has 39 heavy (non-hydrogen) atoms. The van der Waals surface area contributed by atoms with Crippen molar-refractivity contribution in [2.45, 2.75) is 25.1 Å². The molecule has 4 aromatic rings. The number of thioether (sulfide) groups is 1. The Morgan fingerprint density at radius 3 is 2.56 bits per heavy atom. The number of fused-ring (bicyclic) bond motifs is 2. The fourth-order valence-electron chi connectivity index (χ4n) is 4.99. The molecule has 8 heteroatoms. The highest BCUT2D eigenvalue weighted by atomic mass is 32.2. The minimum atomic E-state index is -0.399. The lowest BCUT2D eigenvalue weighted by molar-refractivity contribution is -0.132. The van der Waals surface area contributed by atoms with Gasteiger partial charge in [-0.15, -0.1) is 11.8 Å². The van der Waals surface area contributed by atoms with Crippen LogP contribution in [0.2, 0.25) is 0 Å². The summed E-state index contributed by atoms with van der Waals surface area (Å²) < 4.78 is 22.7. The van der Waals surface area contributed by atoms with Crippen LogP contribution in [0.25, 0.3) is 11.0 Å². The summed E-state index contributed by atoms with van der Waals surface area (Å²) in [5.74, 6) is 3.03. The molecule has 0 N–H and O–H groups in total. The first-order valence-electron chi connectivity index (χ1n) is 12.8. The van der Waals surface area contributed by atoms with Crippen LogP contribution in [-0.2, 0) is 17.0 Å². The summed E-state index contributed by atoms with van der Waals surface area (Å²) in [6, 6.07) is 20.7. The number of amides is 1. The second kappa shape index (κ2) is 11.9. The molecule has 3 aromatic carbocycles. The Morgan fingerprint density at radius 2 is 1.79 bits per heavy atom. The molecule has 0 spiro atoms. The number of benzene rings is 3. The Kier molecular flexibility index (Phi) is 8.12. The predicted molar refractivity (Wildman–Crippen MR) is 153 cm³/mol. The Labute approximate surface area is 231 Å². The number of hydrogen-bond donors (Lipinski definition) is 0. The minimum Gasteiger partial charge on any atom is -0.493 e. The predicted octanol–water partition coefficient (Wildman–Crippen LogP) is 5.56. The Bertz CT molecular complexity index is 1530. The summed E-state index contributed by atoms with van der Waals surface area (Å²) in [4.78, 5) is 27.3. The summed E-state index contributed by atoms with van der Waals surface area (Å²) in [7, 11) is 3.22. The lowest BCUT2D eigenvalue weighted by Gasteiger charge is -2.37. The maximum Gasteiger partial charge on any atom is 0.336 e. The molecule has 0 bridgehead atoms. The number of ether oxygens (including phenoxy) is 3. The van der Waals surface area contributed by atoms with Gasteiger partial charge >= 0.3 is 5.63 Å². The zero-order valence-corrected chi connectivity index (χ0v) is 23.1.